The molecule has 1 aliphatic heterocycles. The first kappa shape index (κ1) is 17.8. The number of nitrogens with zero attached hydrogens (tertiary/aromatic N) is 1. The fourth-order valence-corrected chi connectivity index (χ4v) is 3.36. The lowest BCUT2D eigenvalue weighted by Gasteiger charge is -2.14. The number of fused-ring (bicyclic) bond motifs is 1. The van der Waals surface area contributed by atoms with Gasteiger partial charge in [-0.3, -0.25) is 19.3 Å². The number of imide groups is 1. The number of hydrogen-bond acceptors (Lipinski definition) is 4. The summed E-state index contributed by atoms with van der Waals surface area (Å²) in [6.45, 7) is 0.351. The number of benzene rings is 1. The van der Waals surface area contributed by atoms with Gasteiger partial charge in [-0.1, -0.05) is 24.3 Å². The summed E-state index contributed by atoms with van der Waals surface area (Å²) in [4.78, 5) is 48.7. The lowest BCUT2D eigenvalue weighted by molar-refractivity contribution is -0.140. The smallest absolute Gasteiger partial charge is 0.335 e. The molecule has 1 heterocycles. The molecule has 0 aromatic heterocycles. The second-order valence-corrected chi connectivity index (χ2v) is 6.51. The van der Waals surface area contributed by atoms with E-state index in [1.807, 2.05) is 12.2 Å². The van der Waals surface area contributed by atoms with Gasteiger partial charge in [0.2, 0.25) is 17.7 Å². The van der Waals surface area contributed by atoms with Crippen LogP contribution in [0.3, 0.4) is 0 Å². The molecule has 2 atom stereocenters. The number of nitrogens with one attached hydrogen (secondary N) is 1. The van der Waals surface area contributed by atoms with Gasteiger partial charge in [0.25, 0.3) is 0 Å². The van der Waals surface area contributed by atoms with Crippen LogP contribution in [0.15, 0.2) is 36.4 Å². The standard InChI is InChI=1S/C19H20N2O5/c22-16(20-11-12-5-7-13(8-6-12)19(25)26)9-10-21-17(23)14-3-1-2-4-15(14)18(21)24/h1-2,5-8,14-15H,3-4,9-11H2,(H,20,22)(H,25,26)/t14-,15+. The van der Waals surface area contributed by atoms with Gasteiger partial charge in [-0.25, -0.2) is 4.79 Å². The Balaban J connectivity index is 1.47. The predicted octanol–water partition coefficient (Wildman–Crippen LogP) is 1.34. The molecule has 0 saturated carbocycles. The first-order chi connectivity index (χ1) is 12.5. The van der Waals surface area contributed by atoms with Gasteiger partial charge in [0.05, 0.1) is 17.4 Å². The first-order valence-corrected chi connectivity index (χ1v) is 8.56. The van der Waals surface area contributed by atoms with Gasteiger partial charge in [-0.15, -0.1) is 0 Å². The van der Waals surface area contributed by atoms with E-state index < -0.39 is 5.97 Å². The molecule has 7 nitrogen and oxygen atoms in total. The molecular formula is C19H20N2O5. The van der Waals surface area contributed by atoms with Crippen molar-refractivity contribution in [3.8, 4) is 0 Å². The quantitative estimate of drug-likeness (QED) is 0.591. The zero-order valence-electron chi connectivity index (χ0n) is 14.2. The Morgan fingerprint density at radius 1 is 1.04 bits per heavy atom. The number of likely N-dealkylation sites (tertiary alicyclic amines) is 1. The third kappa shape index (κ3) is 3.66. The average molecular weight is 356 g/mol. The molecule has 0 radical (unpaired) electrons. The number of hydrogen-bond donors (Lipinski definition) is 2. The van der Waals surface area contributed by atoms with Crippen molar-refractivity contribution in [3.63, 3.8) is 0 Å². The second-order valence-electron chi connectivity index (χ2n) is 6.51. The molecule has 0 spiro atoms. The average Bonchev–Trinajstić information content (AvgIpc) is 2.89. The minimum Gasteiger partial charge on any atom is -0.478 e. The second kappa shape index (κ2) is 7.51. The van der Waals surface area contributed by atoms with Crippen molar-refractivity contribution < 1.29 is 24.3 Å². The van der Waals surface area contributed by atoms with Crippen LogP contribution in [0.4, 0.5) is 0 Å². The van der Waals surface area contributed by atoms with E-state index in [1.165, 1.54) is 17.0 Å². The van der Waals surface area contributed by atoms with E-state index in [0.29, 0.717) is 12.8 Å². The number of carbonyl (C=O) groups excluding carboxylic acids is 3. The van der Waals surface area contributed by atoms with E-state index in [9.17, 15) is 19.2 Å². The van der Waals surface area contributed by atoms with E-state index >= 15 is 0 Å². The van der Waals surface area contributed by atoms with Crippen molar-refractivity contribution >= 4 is 23.7 Å². The van der Waals surface area contributed by atoms with E-state index in [4.69, 9.17) is 5.11 Å². The number of aromatic carboxylic acids is 1. The molecule has 1 saturated heterocycles. The van der Waals surface area contributed by atoms with Gasteiger partial charge >= 0.3 is 5.97 Å². The van der Waals surface area contributed by atoms with E-state index in [-0.39, 0.29) is 54.6 Å². The Bertz CT molecular complexity index is 743. The summed E-state index contributed by atoms with van der Waals surface area (Å²) in [5.41, 5.74) is 0.955. The van der Waals surface area contributed by atoms with Crippen LogP contribution >= 0.6 is 0 Å². The molecule has 1 aromatic rings. The van der Waals surface area contributed by atoms with Crippen molar-refractivity contribution in [2.75, 3.05) is 6.54 Å². The van der Waals surface area contributed by atoms with Gasteiger partial charge in [-0.05, 0) is 30.5 Å². The molecule has 26 heavy (non-hydrogen) atoms. The molecule has 3 amide bonds. The zero-order valence-corrected chi connectivity index (χ0v) is 14.2. The van der Waals surface area contributed by atoms with Crippen molar-refractivity contribution in [2.24, 2.45) is 11.8 Å². The molecule has 2 aliphatic rings. The highest BCUT2D eigenvalue weighted by atomic mass is 16.4. The normalized spacial score (nSPS) is 21.6. The van der Waals surface area contributed by atoms with Crippen LogP contribution in [0.1, 0.15) is 35.2 Å². The fourth-order valence-electron chi connectivity index (χ4n) is 3.36. The maximum atomic E-state index is 12.3. The highest BCUT2D eigenvalue weighted by molar-refractivity contribution is 6.05. The monoisotopic (exact) mass is 356 g/mol. The third-order valence-corrected chi connectivity index (χ3v) is 4.85. The van der Waals surface area contributed by atoms with E-state index in [2.05, 4.69) is 5.32 Å². The Kier molecular flexibility index (Phi) is 5.16. The summed E-state index contributed by atoms with van der Waals surface area (Å²) in [6.07, 6.45) is 5.09. The van der Waals surface area contributed by atoms with Crippen molar-refractivity contribution in [1.82, 2.24) is 10.2 Å². The Hall–Kier alpha value is -2.96. The van der Waals surface area contributed by atoms with Crippen LogP contribution in [-0.4, -0.2) is 40.2 Å². The van der Waals surface area contributed by atoms with E-state index in [1.54, 1.807) is 12.1 Å². The molecule has 3 rings (SSSR count). The summed E-state index contributed by atoms with van der Waals surface area (Å²) in [5, 5.41) is 11.6. The Morgan fingerprint density at radius 3 is 2.15 bits per heavy atom. The molecule has 7 heteroatoms. The van der Waals surface area contributed by atoms with Crippen LogP contribution in [0.5, 0.6) is 0 Å². The predicted molar refractivity (Wildman–Crippen MR) is 91.9 cm³/mol. The van der Waals surface area contributed by atoms with Crippen LogP contribution in [0.25, 0.3) is 0 Å². The largest absolute Gasteiger partial charge is 0.478 e. The summed E-state index contributed by atoms with van der Waals surface area (Å²) < 4.78 is 0. The molecule has 2 N–H and O–H groups in total. The van der Waals surface area contributed by atoms with Crippen LogP contribution in [-0.2, 0) is 20.9 Å². The van der Waals surface area contributed by atoms with Gasteiger partial charge in [0.1, 0.15) is 0 Å². The minimum atomic E-state index is -1.00. The lowest BCUT2D eigenvalue weighted by Crippen LogP contribution is -2.35. The molecular weight excluding hydrogens is 336 g/mol. The molecule has 1 aromatic carbocycles. The number of rotatable bonds is 6. The minimum absolute atomic E-state index is 0.0531. The molecule has 0 unspecified atom stereocenters. The number of carbonyl (C=O) groups is 4. The highest BCUT2D eigenvalue weighted by Crippen LogP contribution is 2.34. The maximum absolute atomic E-state index is 12.3. The first-order valence-electron chi connectivity index (χ1n) is 8.56. The molecule has 136 valence electrons. The Labute approximate surface area is 150 Å². The number of carboxylic acids is 1. The molecule has 0 bridgehead atoms. The van der Waals surface area contributed by atoms with Crippen LogP contribution < -0.4 is 5.32 Å². The van der Waals surface area contributed by atoms with Gasteiger partial charge in [-0.2, -0.15) is 0 Å². The highest BCUT2D eigenvalue weighted by Gasteiger charge is 2.46. The van der Waals surface area contributed by atoms with Gasteiger partial charge < -0.3 is 10.4 Å². The Morgan fingerprint density at radius 2 is 1.62 bits per heavy atom. The summed E-state index contributed by atoms with van der Waals surface area (Å²) in [7, 11) is 0. The summed E-state index contributed by atoms with van der Waals surface area (Å²) >= 11 is 0. The zero-order chi connectivity index (χ0) is 18.7. The molecule has 1 aliphatic carbocycles. The lowest BCUT2D eigenvalue weighted by atomic mass is 9.85. The number of carboxylic acid groups (broad SMARTS) is 1. The van der Waals surface area contributed by atoms with Crippen LogP contribution in [0, 0.1) is 11.8 Å². The van der Waals surface area contributed by atoms with E-state index in [0.717, 1.165) is 5.56 Å². The number of amides is 3. The third-order valence-electron chi connectivity index (χ3n) is 4.85. The molecule has 1 fully saturated rings. The summed E-state index contributed by atoms with van der Waals surface area (Å²) in [5.74, 6) is -2.17. The maximum Gasteiger partial charge on any atom is 0.335 e. The van der Waals surface area contributed by atoms with Crippen molar-refractivity contribution in [3.05, 3.63) is 47.5 Å². The number of allylic oxidation sites excluding steroid dienone is 2. The van der Waals surface area contributed by atoms with Crippen molar-refractivity contribution in [2.45, 2.75) is 25.8 Å². The van der Waals surface area contributed by atoms with Gasteiger partial charge in [0.15, 0.2) is 0 Å². The van der Waals surface area contributed by atoms with Crippen molar-refractivity contribution in [1.29, 1.82) is 0 Å². The summed E-state index contributed by atoms with van der Waals surface area (Å²) in [6, 6.07) is 6.21. The SMILES string of the molecule is O=C(CCN1C(=O)[C@H]2CC=CC[C@H]2C1=O)NCc1ccc(C(=O)O)cc1. The van der Waals surface area contributed by atoms with Crippen LogP contribution in [0.2, 0.25) is 0 Å². The topological polar surface area (TPSA) is 104 Å². The fraction of sp³-hybridized carbons (Fsp3) is 0.368. The van der Waals surface area contributed by atoms with Gasteiger partial charge in [0, 0.05) is 19.5 Å².